The normalized spacial score (nSPS) is 10.7. The molecule has 0 unspecified atom stereocenters. The number of nitrogens with zero attached hydrogens (tertiary/aromatic N) is 3. The van der Waals surface area contributed by atoms with Gasteiger partial charge in [-0.25, -0.2) is 0 Å². The molecule has 13 heavy (non-hydrogen) atoms. The molecule has 0 bridgehead atoms. The zero-order valence-corrected chi connectivity index (χ0v) is 7.17. The lowest BCUT2D eigenvalue weighted by Crippen LogP contribution is -2.41. The molecule has 0 fully saturated rings. The first-order valence-corrected chi connectivity index (χ1v) is 3.67. The maximum absolute atomic E-state index is 10.8. The van der Waals surface area contributed by atoms with Gasteiger partial charge < -0.3 is 14.9 Å². The lowest BCUT2D eigenvalue weighted by molar-refractivity contribution is -0.310. The molecule has 74 valence electrons. The minimum absolute atomic E-state index is 0.0471. The minimum atomic E-state index is -2.76. The van der Waals surface area contributed by atoms with E-state index in [0.29, 0.717) is 0 Å². The first kappa shape index (κ1) is 11.9. The van der Waals surface area contributed by atoms with Crippen LogP contribution in [-0.2, 0) is 9.53 Å². The first-order chi connectivity index (χ1) is 6.04. The maximum atomic E-state index is 10.8. The van der Waals surface area contributed by atoms with Gasteiger partial charge >= 0.3 is 5.97 Å². The third-order valence-electron chi connectivity index (χ3n) is 1.24. The second kappa shape index (κ2) is 5.50. The molecule has 0 spiro atoms. The second-order valence-electron chi connectivity index (χ2n) is 2.19. The number of rotatable bonds is 6. The van der Waals surface area contributed by atoms with Crippen LogP contribution in [0.15, 0.2) is 5.11 Å². The van der Waals surface area contributed by atoms with Crippen LogP contribution in [0.4, 0.5) is 0 Å². The molecule has 0 aromatic heterocycles. The summed E-state index contributed by atoms with van der Waals surface area (Å²) in [6.45, 7) is 1.19. The van der Waals surface area contributed by atoms with E-state index in [-0.39, 0.29) is 19.6 Å². The fourth-order valence-corrected chi connectivity index (χ4v) is 0.584. The fraction of sp³-hybridized carbons (Fsp3) is 0.833. The summed E-state index contributed by atoms with van der Waals surface area (Å²) in [4.78, 5) is 13.2. The van der Waals surface area contributed by atoms with Crippen LogP contribution in [0.2, 0.25) is 0 Å². The second-order valence-corrected chi connectivity index (χ2v) is 2.19. The van der Waals surface area contributed by atoms with Crippen molar-refractivity contribution in [2.45, 2.75) is 19.3 Å². The van der Waals surface area contributed by atoms with Gasteiger partial charge in [0.05, 0.1) is 6.61 Å². The summed E-state index contributed by atoms with van der Waals surface area (Å²) in [7, 11) is 0. The average molecular weight is 189 g/mol. The van der Waals surface area contributed by atoms with Crippen molar-refractivity contribution in [2.75, 3.05) is 13.2 Å². The van der Waals surface area contributed by atoms with E-state index in [1.165, 1.54) is 6.92 Å². The lowest BCUT2D eigenvalue weighted by Gasteiger charge is -2.18. The predicted octanol–water partition coefficient (Wildman–Crippen LogP) is -0.0692. The van der Waals surface area contributed by atoms with Gasteiger partial charge in [0.1, 0.15) is 0 Å². The van der Waals surface area contributed by atoms with Crippen molar-refractivity contribution < 1.29 is 19.7 Å². The van der Waals surface area contributed by atoms with E-state index >= 15 is 0 Å². The highest BCUT2D eigenvalue weighted by molar-refractivity contribution is 5.83. The highest BCUT2D eigenvalue weighted by atomic mass is 16.8. The van der Waals surface area contributed by atoms with Crippen LogP contribution in [0, 0.1) is 0 Å². The Morgan fingerprint density at radius 2 is 2.31 bits per heavy atom. The molecule has 0 rings (SSSR count). The van der Waals surface area contributed by atoms with Gasteiger partial charge in [-0.2, -0.15) is 0 Å². The first-order valence-electron chi connectivity index (χ1n) is 3.67. The van der Waals surface area contributed by atoms with Crippen molar-refractivity contribution >= 4 is 5.78 Å². The van der Waals surface area contributed by atoms with Gasteiger partial charge in [0, 0.05) is 17.9 Å². The van der Waals surface area contributed by atoms with Crippen molar-refractivity contribution in [2.24, 2.45) is 5.11 Å². The van der Waals surface area contributed by atoms with Crippen LogP contribution in [0.5, 0.6) is 0 Å². The SMILES string of the molecule is CCC(=O)C(O)(O)OCCN=[N+]=[N-]. The monoisotopic (exact) mass is 189 g/mol. The average Bonchev–Trinajstić information content (AvgIpc) is 2.11. The number of carbonyl (C=O) groups is 1. The van der Waals surface area contributed by atoms with Gasteiger partial charge in [0.2, 0.25) is 5.78 Å². The van der Waals surface area contributed by atoms with Gasteiger partial charge in [-0.15, -0.1) is 0 Å². The topological polar surface area (TPSA) is 116 Å². The number of hydrogen-bond donors (Lipinski definition) is 2. The van der Waals surface area contributed by atoms with Crippen molar-refractivity contribution in [3.63, 3.8) is 0 Å². The highest BCUT2D eigenvalue weighted by Crippen LogP contribution is 2.05. The summed E-state index contributed by atoms with van der Waals surface area (Å²) < 4.78 is 4.38. The Labute approximate surface area is 74.6 Å². The third kappa shape index (κ3) is 4.44. The smallest absolute Gasteiger partial charge is 0.337 e. The maximum Gasteiger partial charge on any atom is 0.341 e. The molecule has 0 aromatic rings. The highest BCUT2D eigenvalue weighted by Gasteiger charge is 2.32. The Balaban J connectivity index is 3.88. The molecular weight excluding hydrogens is 178 g/mol. The van der Waals surface area contributed by atoms with Gasteiger partial charge in [0.15, 0.2) is 0 Å². The number of hydrogen-bond acceptors (Lipinski definition) is 5. The number of Topliss-reactive ketones (excluding diaryl/α,β-unsaturated/α-hetero) is 1. The van der Waals surface area contributed by atoms with E-state index in [1.807, 2.05) is 0 Å². The van der Waals surface area contributed by atoms with E-state index < -0.39 is 11.8 Å². The van der Waals surface area contributed by atoms with E-state index in [0.717, 1.165) is 0 Å². The van der Waals surface area contributed by atoms with Crippen molar-refractivity contribution in [3.05, 3.63) is 10.4 Å². The summed E-state index contributed by atoms with van der Waals surface area (Å²) in [6.07, 6.45) is -0.0471. The number of carbonyl (C=O) groups excluding carboxylic acids is 1. The molecule has 0 amide bonds. The summed E-state index contributed by atoms with van der Waals surface area (Å²) in [5.41, 5.74) is 7.86. The summed E-state index contributed by atoms with van der Waals surface area (Å²) in [6, 6.07) is 0. The van der Waals surface area contributed by atoms with Crippen molar-refractivity contribution in [3.8, 4) is 0 Å². The largest absolute Gasteiger partial charge is 0.341 e. The molecular formula is C6H11N3O4. The number of azide groups is 1. The van der Waals surface area contributed by atoms with Crippen LogP contribution in [0.25, 0.3) is 10.4 Å². The quantitative estimate of drug-likeness (QED) is 0.200. The summed E-state index contributed by atoms with van der Waals surface area (Å²) in [5.74, 6) is -3.60. The zero-order valence-electron chi connectivity index (χ0n) is 7.17. The Morgan fingerprint density at radius 1 is 1.69 bits per heavy atom. The van der Waals surface area contributed by atoms with Gasteiger partial charge in [0.25, 0.3) is 0 Å². The van der Waals surface area contributed by atoms with Gasteiger partial charge in [-0.1, -0.05) is 12.0 Å². The standard InChI is InChI=1S/C6H11N3O4/c1-2-5(10)6(11,12)13-4-3-8-9-7/h11-12H,2-4H2,1H3. The lowest BCUT2D eigenvalue weighted by atomic mass is 10.3. The van der Waals surface area contributed by atoms with Crippen molar-refractivity contribution in [1.29, 1.82) is 0 Å². The molecule has 0 heterocycles. The summed E-state index contributed by atoms with van der Waals surface area (Å²) >= 11 is 0. The van der Waals surface area contributed by atoms with Crippen molar-refractivity contribution in [1.82, 2.24) is 0 Å². The fourth-order valence-electron chi connectivity index (χ4n) is 0.584. The van der Waals surface area contributed by atoms with Crippen LogP contribution < -0.4 is 0 Å². The molecule has 0 saturated carbocycles. The van der Waals surface area contributed by atoms with Gasteiger partial charge in [-0.3, -0.25) is 4.79 Å². The predicted molar refractivity (Wildman–Crippen MR) is 42.4 cm³/mol. The molecule has 0 saturated heterocycles. The molecule has 0 aliphatic carbocycles. The van der Waals surface area contributed by atoms with E-state index in [4.69, 9.17) is 15.7 Å². The Kier molecular flexibility index (Phi) is 5.01. The summed E-state index contributed by atoms with van der Waals surface area (Å²) in [5, 5.41) is 20.9. The molecule has 0 aromatic carbocycles. The Bertz CT molecular complexity index is 222. The molecule has 0 radical (unpaired) electrons. The van der Waals surface area contributed by atoms with E-state index in [1.54, 1.807) is 0 Å². The number of aliphatic hydroxyl groups is 2. The minimum Gasteiger partial charge on any atom is -0.337 e. The molecule has 0 atom stereocenters. The molecule has 0 aliphatic heterocycles. The molecule has 7 nitrogen and oxygen atoms in total. The van der Waals surface area contributed by atoms with Crippen LogP contribution in [-0.4, -0.2) is 35.1 Å². The Hall–Kier alpha value is -1.14. The number of ketones is 1. The zero-order chi connectivity index (χ0) is 10.3. The number of ether oxygens (including phenoxy) is 1. The molecule has 7 heteroatoms. The Morgan fingerprint density at radius 3 is 2.77 bits per heavy atom. The van der Waals surface area contributed by atoms with Crippen LogP contribution in [0.1, 0.15) is 13.3 Å². The van der Waals surface area contributed by atoms with E-state index in [9.17, 15) is 4.79 Å². The van der Waals surface area contributed by atoms with Crippen LogP contribution in [0.3, 0.4) is 0 Å². The molecule has 0 aliphatic rings. The van der Waals surface area contributed by atoms with Crippen LogP contribution >= 0.6 is 0 Å². The third-order valence-corrected chi connectivity index (χ3v) is 1.24. The molecule has 2 N–H and O–H groups in total. The van der Waals surface area contributed by atoms with Gasteiger partial charge in [-0.05, 0) is 5.53 Å². The van der Waals surface area contributed by atoms with E-state index in [2.05, 4.69) is 14.8 Å².